The maximum atomic E-state index is 13.1. The van der Waals surface area contributed by atoms with E-state index in [1.165, 1.54) is 11.3 Å². The summed E-state index contributed by atoms with van der Waals surface area (Å²) in [5.41, 5.74) is 1.85. The molecule has 1 aromatic carbocycles. The van der Waals surface area contributed by atoms with E-state index in [9.17, 15) is 9.59 Å². The normalized spacial score (nSPS) is 15.1. The van der Waals surface area contributed by atoms with Gasteiger partial charge in [0.05, 0.1) is 25.7 Å². The second-order valence-corrected chi connectivity index (χ2v) is 7.77. The van der Waals surface area contributed by atoms with Crippen LogP contribution < -0.4 is 5.32 Å². The minimum absolute atomic E-state index is 0.0213. The molecule has 1 fully saturated rings. The molecular formula is C20H26N4O3S. The van der Waals surface area contributed by atoms with Crippen molar-refractivity contribution in [1.82, 2.24) is 20.1 Å². The Labute approximate surface area is 169 Å². The Morgan fingerprint density at radius 1 is 1.29 bits per heavy atom. The number of amides is 3. The number of thiazole rings is 1. The second kappa shape index (κ2) is 9.66. The third kappa shape index (κ3) is 5.30. The molecule has 2 heterocycles. The Morgan fingerprint density at radius 3 is 2.64 bits per heavy atom. The average molecular weight is 403 g/mol. The fraction of sp³-hybridized carbons (Fsp3) is 0.450. The molecule has 1 saturated heterocycles. The molecule has 0 saturated carbocycles. The summed E-state index contributed by atoms with van der Waals surface area (Å²) < 4.78 is 5.35. The molecule has 1 atom stereocenters. The maximum absolute atomic E-state index is 13.1. The van der Waals surface area contributed by atoms with Crippen molar-refractivity contribution in [3.05, 3.63) is 52.0 Å². The Bertz CT molecular complexity index is 790. The van der Waals surface area contributed by atoms with Crippen LogP contribution in [0.4, 0.5) is 4.79 Å². The van der Waals surface area contributed by atoms with E-state index in [0.717, 1.165) is 16.3 Å². The first kappa shape index (κ1) is 20.3. The number of rotatable bonds is 6. The zero-order valence-corrected chi connectivity index (χ0v) is 17.1. The van der Waals surface area contributed by atoms with Gasteiger partial charge in [0, 0.05) is 37.8 Å². The van der Waals surface area contributed by atoms with Crippen LogP contribution in [0.15, 0.2) is 35.7 Å². The molecule has 150 valence electrons. The molecule has 3 rings (SSSR count). The molecule has 0 aliphatic carbocycles. The number of carbonyl (C=O) groups is 2. The monoisotopic (exact) mass is 402 g/mol. The predicted octanol–water partition coefficient (Wildman–Crippen LogP) is 2.24. The van der Waals surface area contributed by atoms with Crippen LogP contribution in [-0.2, 0) is 16.1 Å². The Hall–Kier alpha value is -2.45. The van der Waals surface area contributed by atoms with Gasteiger partial charge in [-0.25, -0.2) is 9.78 Å². The highest BCUT2D eigenvalue weighted by atomic mass is 32.1. The summed E-state index contributed by atoms with van der Waals surface area (Å²) in [6, 6.07) is 9.38. The van der Waals surface area contributed by atoms with Crippen molar-refractivity contribution in [1.29, 1.82) is 0 Å². The van der Waals surface area contributed by atoms with Crippen molar-refractivity contribution >= 4 is 23.3 Å². The highest BCUT2D eigenvalue weighted by molar-refractivity contribution is 7.09. The number of hydrogen-bond donors (Lipinski definition) is 1. The summed E-state index contributed by atoms with van der Waals surface area (Å²) >= 11 is 1.53. The summed E-state index contributed by atoms with van der Waals surface area (Å²) in [6.45, 7) is 4.89. The van der Waals surface area contributed by atoms with E-state index >= 15 is 0 Å². The molecule has 1 aliphatic heterocycles. The van der Waals surface area contributed by atoms with Crippen molar-refractivity contribution in [2.24, 2.45) is 0 Å². The van der Waals surface area contributed by atoms with Crippen LogP contribution >= 0.6 is 11.3 Å². The number of morpholine rings is 1. The van der Waals surface area contributed by atoms with Gasteiger partial charge >= 0.3 is 6.03 Å². The first-order valence-corrected chi connectivity index (χ1v) is 10.2. The molecule has 1 aliphatic rings. The molecule has 0 bridgehead atoms. The molecule has 3 amide bonds. The minimum Gasteiger partial charge on any atom is -0.378 e. The molecule has 2 aromatic rings. The van der Waals surface area contributed by atoms with E-state index in [-0.39, 0.29) is 18.5 Å². The van der Waals surface area contributed by atoms with E-state index in [1.54, 1.807) is 11.9 Å². The van der Waals surface area contributed by atoms with E-state index < -0.39 is 5.92 Å². The topological polar surface area (TPSA) is 74.8 Å². The van der Waals surface area contributed by atoms with E-state index in [1.807, 2.05) is 47.5 Å². The SMILES string of the molecule is Cc1csc(CN(C)C(=O)NCC(C(=O)N2CCOCC2)c2ccccc2)n1. The average Bonchev–Trinajstić information content (AvgIpc) is 3.13. The van der Waals surface area contributed by atoms with E-state index in [4.69, 9.17) is 4.74 Å². The molecule has 1 aromatic heterocycles. The molecular weight excluding hydrogens is 376 g/mol. The molecule has 8 heteroatoms. The van der Waals surface area contributed by atoms with Gasteiger partial charge in [0.25, 0.3) is 0 Å². The summed E-state index contributed by atoms with van der Waals surface area (Å²) in [7, 11) is 1.73. The number of aromatic nitrogens is 1. The Morgan fingerprint density at radius 2 is 2.00 bits per heavy atom. The lowest BCUT2D eigenvalue weighted by Crippen LogP contribution is -2.46. The van der Waals surface area contributed by atoms with Crippen molar-refractivity contribution in [2.45, 2.75) is 19.4 Å². The fourth-order valence-electron chi connectivity index (χ4n) is 3.11. The Kier molecular flexibility index (Phi) is 7.00. The molecule has 1 N–H and O–H groups in total. The van der Waals surface area contributed by atoms with Crippen molar-refractivity contribution in [2.75, 3.05) is 39.9 Å². The van der Waals surface area contributed by atoms with Crippen LogP contribution in [0.25, 0.3) is 0 Å². The number of nitrogens with one attached hydrogen (secondary N) is 1. The lowest BCUT2D eigenvalue weighted by molar-refractivity contribution is -0.136. The van der Waals surface area contributed by atoms with Gasteiger partial charge in [-0.2, -0.15) is 0 Å². The second-order valence-electron chi connectivity index (χ2n) is 6.83. The largest absolute Gasteiger partial charge is 0.378 e. The quantitative estimate of drug-likeness (QED) is 0.804. The van der Waals surface area contributed by atoms with Crippen LogP contribution in [0.5, 0.6) is 0 Å². The number of ether oxygens (including phenoxy) is 1. The molecule has 7 nitrogen and oxygen atoms in total. The van der Waals surface area contributed by atoms with Crippen LogP contribution in [0.2, 0.25) is 0 Å². The smallest absolute Gasteiger partial charge is 0.317 e. The van der Waals surface area contributed by atoms with Gasteiger partial charge < -0.3 is 19.9 Å². The van der Waals surface area contributed by atoms with Crippen LogP contribution in [0.1, 0.15) is 22.2 Å². The summed E-state index contributed by atoms with van der Waals surface area (Å²) in [4.78, 5) is 33.4. The van der Waals surface area contributed by atoms with Crippen molar-refractivity contribution in [3.8, 4) is 0 Å². The molecule has 1 unspecified atom stereocenters. The number of hydrogen-bond acceptors (Lipinski definition) is 5. The number of aryl methyl sites for hydroxylation is 1. The summed E-state index contributed by atoms with van der Waals surface area (Å²) in [5, 5.41) is 5.77. The van der Waals surface area contributed by atoms with Crippen LogP contribution in [0.3, 0.4) is 0 Å². The standard InChI is InChI=1S/C20H26N4O3S/c1-15-14-28-18(22-15)13-23(2)20(26)21-12-17(16-6-4-3-5-7-16)19(25)24-8-10-27-11-9-24/h3-7,14,17H,8-13H2,1-2H3,(H,21,26). The number of benzene rings is 1. The first-order valence-electron chi connectivity index (χ1n) is 9.36. The van der Waals surface area contributed by atoms with E-state index in [0.29, 0.717) is 32.8 Å². The number of nitrogens with zero attached hydrogens (tertiary/aromatic N) is 3. The lowest BCUT2D eigenvalue weighted by atomic mass is 9.97. The van der Waals surface area contributed by atoms with Gasteiger partial charge in [0.1, 0.15) is 5.01 Å². The van der Waals surface area contributed by atoms with Gasteiger partial charge in [0.2, 0.25) is 5.91 Å². The third-order valence-corrected chi connectivity index (χ3v) is 5.62. The van der Waals surface area contributed by atoms with E-state index in [2.05, 4.69) is 10.3 Å². The summed E-state index contributed by atoms with van der Waals surface area (Å²) in [5.74, 6) is -0.397. The van der Waals surface area contributed by atoms with Crippen LogP contribution in [-0.4, -0.2) is 66.6 Å². The highest BCUT2D eigenvalue weighted by Crippen LogP contribution is 2.19. The van der Waals surface area contributed by atoms with Gasteiger partial charge in [-0.05, 0) is 12.5 Å². The third-order valence-electron chi connectivity index (χ3n) is 4.67. The first-order chi connectivity index (χ1) is 13.5. The highest BCUT2D eigenvalue weighted by Gasteiger charge is 2.28. The zero-order valence-electron chi connectivity index (χ0n) is 16.3. The minimum atomic E-state index is -0.418. The van der Waals surface area contributed by atoms with Gasteiger partial charge in [0.15, 0.2) is 0 Å². The Balaban J connectivity index is 1.63. The molecule has 0 spiro atoms. The maximum Gasteiger partial charge on any atom is 0.317 e. The zero-order chi connectivity index (χ0) is 19.9. The lowest BCUT2D eigenvalue weighted by Gasteiger charge is -2.31. The fourth-order valence-corrected chi connectivity index (χ4v) is 3.94. The number of urea groups is 1. The van der Waals surface area contributed by atoms with Gasteiger partial charge in [-0.1, -0.05) is 30.3 Å². The van der Waals surface area contributed by atoms with Crippen LogP contribution in [0, 0.1) is 6.92 Å². The molecule has 28 heavy (non-hydrogen) atoms. The van der Waals surface area contributed by atoms with Crippen molar-refractivity contribution in [3.63, 3.8) is 0 Å². The molecule has 0 radical (unpaired) electrons. The number of carbonyl (C=O) groups excluding carboxylic acids is 2. The van der Waals surface area contributed by atoms with Crippen molar-refractivity contribution < 1.29 is 14.3 Å². The predicted molar refractivity (Wildman–Crippen MR) is 108 cm³/mol. The summed E-state index contributed by atoms with van der Waals surface area (Å²) in [6.07, 6.45) is 0. The van der Waals surface area contributed by atoms with Gasteiger partial charge in [-0.3, -0.25) is 4.79 Å². The van der Waals surface area contributed by atoms with Gasteiger partial charge in [-0.15, -0.1) is 11.3 Å².